The first kappa shape index (κ1) is 18.4. The van der Waals surface area contributed by atoms with Crippen LogP contribution in [0.1, 0.15) is 32.3 Å². The Morgan fingerprint density at radius 3 is 2.27 bits per heavy atom. The van der Waals surface area contributed by atoms with Crippen molar-refractivity contribution >= 4 is 0 Å². The van der Waals surface area contributed by atoms with E-state index < -0.39 is 11.6 Å². The molecule has 0 N–H and O–H groups in total. The fourth-order valence-corrected chi connectivity index (χ4v) is 4.52. The van der Waals surface area contributed by atoms with E-state index in [0.717, 1.165) is 25.6 Å². The van der Waals surface area contributed by atoms with Crippen molar-refractivity contribution in [2.24, 2.45) is 11.8 Å². The molecule has 0 unspecified atom stereocenters. The van der Waals surface area contributed by atoms with Gasteiger partial charge in [-0.1, -0.05) is 30.3 Å². The Balaban J connectivity index is 1.56. The normalized spacial score (nSPS) is 41.0. The maximum Gasteiger partial charge on any atom is 0.220 e. The molecule has 1 aromatic carbocycles. The molecule has 0 amide bonds. The number of methoxy groups -OCH3 is 2. The Kier molecular flexibility index (Phi) is 4.86. The molecule has 144 valence electrons. The van der Waals surface area contributed by atoms with E-state index in [1.54, 1.807) is 14.2 Å². The largest absolute Gasteiger partial charge is 0.349 e. The van der Waals surface area contributed by atoms with Gasteiger partial charge in [0.2, 0.25) is 11.6 Å². The molecule has 1 aliphatic carbocycles. The van der Waals surface area contributed by atoms with E-state index in [9.17, 15) is 0 Å². The van der Waals surface area contributed by atoms with Gasteiger partial charge in [0.25, 0.3) is 0 Å². The number of hydrogen-bond donors (Lipinski definition) is 0. The van der Waals surface area contributed by atoms with Gasteiger partial charge in [0.05, 0.1) is 6.10 Å². The highest BCUT2D eigenvalue weighted by atomic mass is 16.8. The average Bonchev–Trinajstić information content (AvgIpc) is 3.48. The standard InChI is InChI=1S/C21H31NO4/c1-20(23-3)21(2,24-4)26-19-17(16-10-11-16)13-22(14-18(19)25-20)12-15-8-6-5-7-9-15/h5-9,16-19H,10-14H2,1-4H3/t17-,18-,19-,20+,21+/m1/s1. The number of rotatable bonds is 5. The molecule has 2 heterocycles. The lowest BCUT2D eigenvalue weighted by Crippen LogP contribution is -2.70. The third-order valence-electron chi connectivity index (χ3n) is 6.51. The lowest BCUT2D eigenvalue weighted by atomic mass is 9.86. The van der Waals surface area contributed by atoms with Gasteiger partial charge in [-0.25, -0.2) is 0 Å². The second-order valence-electron chi connectivity index (χ2n) is 8.22. The number of likely N-dealkylation sites (tertiary alicyclic amines) is 1. The van der Waals surface area contributed by atoms with Crippen LogP contribution < -0.4 is 0 Å². The average molecular weight is 361 g/mol. The Morgan fingerprint density at radius 2 is 1.65 bits per heavy atom. The molecule has 3 aliphatic rings. The number of piperidine rings is 1. The minimum absolute atomic E-state index is 0.00811. The fourth-order valence-electron chi connectivity index (χ4n) is 4.52. The number of ether oxygens (including phenoxy) is 4. The van der Waals surface area contributed by atoms with Crippen molar-refractivity contribution < 1.29 is 18.9 Å². The van der Waals surface area contributed by atoms with E-state index in [4.69, 9.17) is 18.9 Å². The van der Waals surface area contributed by atoms with Crippen LogP contribution in [0.25, 0.3) is 0 Å². The van der Waals surface area contributed by atoms with Crippen LogP contribution in [0, 0.1) is 11.8 Å². The Bertz CT molecular complexity index is 622. The van der Waals surface area contributed by atoms with Gasteiger partial charge in [-0.05, 0) is 38.2 Å². The predicted molar refractivity (Wildman–Crippen MR) is 98.5 cm³/mol. The molecule has 0 spiro atoms. The van der Waals surface area contributed by atoms with Gasteiger partial charge in [-0.15, -0.1) is 0 Å². The van der Waals surface area contributed by atoms with Crippen molar-refractivity contribution in [2.45, 2.75) is 57.0 Å². The van der Waals surface area contributed by atoms with Crippen LogP contribution in [0.3, 0.4) is 0 Å². The van der Waals surface area contributed by atoms with Gasteiger partial charge in [0.1, 0.15) is 6.10 Å². The number of hydrogen-bond acceptors (Lipinski definition) is 5. The molecular weight excluding hydrogens is 330 g/mol. The van der Waals surface area contributed by atoms with Gasteiger partial charge in [-0.3, -0.25) is 4.90 Å². The summed E-state index contributed by atoms with van der Waals surface area (Å²) in [4.78, 5) is 2.51. The topological polar surface area (TPSA) is 40.2 Å². The van der Waals surface area contributed by atoms with E-state index in [0.29, 0.717) is 5.92 Å². The van der Waals surface area contributed by atoms with Crippen LogP contribution in [0.5, 0.6) is 0 Å². The smallest absolute Gasteiger partial charge is 0.220 e. The molecule has 0 aromatic heterocycles. The quantitative estimate of drug-likeness (QED) is 0.806. The maximum atomic E-state index is 6.55. The molecule has 2 aliphatic heterocycles. The Hall–Kier alpha value is -0.980. The van der Waals surface area contributed by atoms with Gasteiger partial charge in [0.15, 0.2) is 0 Å². The zero-order chi connectivity index (χ0) is 18.4. The molecule has 5 nitrogen and oxygen atoms in total. The molecule has 1 saturated carbocycles. The molecule has 1 aromatic rings. The van der Waals surface area contributed by atoms with E-state index in [1.807, 2.05) is 13.8 Å². The van der Waals surface area contributed by atoms with Crippen LogP contribution in [0.4, 0.5) is 0 Å². The molecule has 0 radical (unpaired) electrons. The van der Waals surface area contributed by atoms with Crippen molar-refractivity contribution in [3.8, 4) is 0 Å². The summed E-state index contributed by atoms with van der Waals surface area (Å²) in [6, 6.07) is 10.7. The third-order valence-corrected chi connectivity index (χ3v) is 6.51. The third kappa shape index (κ3) is 3.20. The van der Waals surface area contributed by atoms with Crippen LogP contribution in [-0.2, 0) is 25.5 Å². The molecule has 5 atom stereocenters. The second kappa shape index (κ2) is 6.88. The van der Waals surface area contributed by atoms with Crippen LogP contribution in [0.2, 0.25) is 0 Å². The lowest BCUT2D eigenvalue weighted by molar-refractivity contribution is -0.457. The van der Waals surface area contributed by atoms with Crippen molar-refractivity contribution in [1.82, 2.24) is 4.90 Å². The molecule has 4 rings (SSSR count). The fraction of sp³-hybridized carbons (Fsp3) is 0.714. The predicted octanol–water partition coefficient (Wildman–Crippen LogP) is 3.04. The van der Waals surface area contributed by atoms with Crippen molar-refractivity contribution in [2.75, 3.05) is 27.3 Å². The number of fused-ring (bicyclic) bond motifs is 1. The zero-order valence-corrected chi connectivity index (χ0v) is 16.3. The summed E-state index contributed by atoms with van der Waals surface area (Å²) in [6.07, 6.45) is 2.64. The van der Waals surface area contributed by atoms with E-state index >= 15 is 0 Å². The minimum Gasteiger partial charge on any atom is -0.349 e. The van der Waals surface area contributed by atoms with E-state index in [1.165, 1.54) is 18.4 Å². The first-order valence-electron chi connectivity index (χ1n) is 9.70. The van der Waals surface area contributed by atoms with Crippen LogP contribution in [0.15, 0.2) is 30.3 Å². The highest BCUT2D eigenvalue weighted by Crippen LogP contribution is 2.48. The monoisotopic (exact) mass is 361 g/mol. The van der Waals surface area contributed by atoms with Crippen molar-refractivity contribution in [1.29, 1.82) is 0 Å². The minimum atomic E-state index is -0.924. The lowest BCUT2D eigenvalue weighted by Gasteiger charge is -2.56. The van der Waals surface area contributed by atoms with Gasteiger partial charge >= 0.3 is 0 Å². The highest BCUT2D eigenvalue weighted by molar-refractivity contribution is 5.15. The molecule has 2 saturated heterocycles. The Labute approximate surface area is 156 Å². The van der Waals surface area contributed by atoms with Gasteiger partial charge < -0.3 is 18.9 Å². The highest BCUT2D eigenvalue weighted by Gasteiger charge is 2.60. The molecule has 3 fully saturated rings. The summed E-state index contributed by atoms with van der Waals surface area (Å²) in [5.41, 5.74) is 1.34. The first-order chi connectivity index (χ1) is 12.5. The van der Waals surface area contributed by atoms with E-state index in [2.05, 4.69) is 35.2 Å². The Morgan fingerprint density at radius 1 is 1.00 bits per heavy atom. The van der Waals surface area contributed by atoms with Gasteiger partial charge in [0, 0.05) is 39.8 Å². The summed E-state index contributed by atoms with van der Waals surface area (Å²) >= 11 is 0. The van der Waals surface area contributed by atoms with Gasteiger partial charge in [-0.2, -0.15) is 0 Å². The molecule has 0 bridgehead atoms. The second-order valence-corrected chi connectivity index (χ2v) is 8.22. The number of nitrogens with zero attached hydrogens (tertiary/aromatic N) is 1. The summed E-state index contributed by atoms with van der Waals surface area (Å²) < 4.78 is 24.5. The SMILES string of the molecule is CO[C@@]1(C)O[C@@H]2[C@@H](C3CC3)CN(Cc3ccccc3)C[C@H]2O[C@]1(C)OC. The van der Waals surface area contributed by atoms with Crippen LogP contribution in [-0.4, -0.2) is 56.0 Å². The summed E-state index contributed by atoms with van der Waals surface area (Å²) in [6.45, 7) is 6.68. The summed E-state index contributed by atoms with van der Waals surface area (Å²) in [5, 5.41) is 0. The summed E-state index contributed by atoms with van der Waals surface area (Å²) in [5.74, 6) is -0.615. The molecule has 5 heteroatoms. The molecular formula is C21H31NO4. The maximum absolute atomic E-state index is 6.55. The van der Waals surface area contributed by atoms with Crippen molar-refractivity contribution in [3.63, 3.8) is 0 Å². The zero-order valence-electron chi connectivity index (χ0n) is 16.3. The molecule has 26 heavy (non-hydrogen) atoms. The first-order valence-corrected chi connectivity index (χ1v) is 9.70. The van der Waals surface area contributed by atoms with Crippen LogP contribution >= 0.6 is 0 Å². The van der Waals surface area contributed by atoms with E-state index in [-0.39, 0.29) is 12.2 Å². The summed E-state index contributed by atoms with van der Waals surface area (Å²) in [7, 11) is 3.32. The number of benzene rings is 1. The van der Waals surface area contributed by atoms with Crippen molar-refractivity contribution in [3.05, 3.63) is 35.9 Å².